The lowest BCUT2D eigenvalue weighted by molar-refractivity contribution is -0.141. The van der Waals surface area contributed by atoms with E-state index in [-0.39, 0.29) is 6.04 Å². The molecule has 94 valence electrons. The number of rotatable bonds is 6. The Morgan fingerprint density at radius 3 is 2.44 bits per heavy atom. The number of carboxylic acid groups (broad SMARTS) is 1. The molecule has 0 aliphatic heterocycles. The maximum absolute atomic E-state index is 10.8. The first-order valence-corrected chi connectivity index (χ1v) is 6.49. The zero-order valence-corrected chi connectivity index (χ0v) is 10.5. The highest BCUT2D eigenvalue weighted by atomic mass is 16.4. The van der Waals surface area contributed by atoms with E-state index in [0.717, 1.165) is 12.3 Å². The Morgan fingerprint density at radius 2 is 1.94 bits per heavy atom. The van der Waals surface area contributed by atoms with Gasteiger partial charge in [0.2, 0.25) is 0 Å². The normalized spacial score (nSPS) is 22.9. The van der Waals surface area contributed by atoms with Crippen LogP contribution in [0, 0.1) is 17.8 Å². The maximum atomic E-state index is 10.8. The molecule has 3 N–H and O–H groups in total. The summed E-state index contributed by atoms with van der Waals surface area (Å²) in [7, 11) is 0. The number of hydrogen-bond donors (Lipinski definition) is 2. The van der Waals surface area contributed by atoms with Gasteiger partial charge >= 0.3 is 5.97 Å². The zero-order chi connectivity index (χ0) is 12.1. The average molecular weight is 227 g/mol. The summed E-state index contributed by atoms with van der Waals surface area (Å²) in [5.41, 5.74) is 5.91. The van der Waals surface area contributed by atoms with Crippen molar-refractivity contribution in [2.45, 2.75) is 58.4 Å². The van der Waals surface area contributed by atoms with Crippen LogP contribution in [0.2, 0.25) is 0 Å². The second kappa shape index (κ2) is 6.24. The molecule has 0 bridgehead atoms. The van der Waals surface area contributed by atoms with Crippen LogP contribution in [0.25, 0.3) is 0 Å². The minimum Gasteiger partial charge on any atom is -0.481 e. The zero-order valence-electron chi connectivity index (χ0n) is 10.5. The lowest BCUT2D eigenvalue weighted by Gasteiger charge is -2.22. The van der Waals surface area contributed by atoms with Crippen molar-refractivity contribution in [1.29, 1.82) is 0 Å². The van der Waals surface area contributed by atoms with Gasteiger partial charge in [-0.3, -0.25) is 4.79 Å². The molecule has 1 fully saturated rings. The van der Waals surface area contributed by atoms with E-state index in [9.17, 15) is 4.79 Å². The molecular formula is C13H25NO2. The van der Waals surface area contributed by atoms with Crippen LogP contribution in [0.15, 0.2) is 0 Å². The molecule has 0 amide bonds. The van der Waals surface area contributed by atoms with Crippen molar-refractivity contribution in [3.63, 3.8) is 0 Å². The smallest absolute Gasteiger partial charge is 0.307 e. The molecule has 3 unspecified atom stereocenters. The van der Waals surface area contributed by atoms with E-state index in [0.29, 0.717) is 5.92 Å². The van der Waals surface area contributed by atoms with Crippen LogP contribution in [0.5, 0.6) is 0 Å². The van der Waals surface area contributed by atoms with E-state index >= 15 is 0 Å². The topological polar surface area (TPSA) is 63.3 Å². The van der Waals surface area contributed by atoms with Gasteiger partial charge in [-0.15, -0.1) is 0 Å². The Kier molecular flexibility index (Phi) is 5.26. The highest BCUT2D eigenvalue weighted by molar-refractivity contribution is 5.70. The second-order valence-electron chi connectivity index (χ2n) is 5.52. The van der Waals surface area contributed by atoms with Gasteiger partial charge in [0.1, 0.15) is 0 Å². The third-order valence-corrected chi connectivity index (χ3v) is 3.92. The fraction of sp³-hybridized carbons (Fsp3) is 0.923. The number of carbonyl (C=O) groups is 1. The van der Waals surface area contributed by atoms with Crippen molar-refractivity contribution in [2.24, 2.45) is 23.5 Å². The maximum Gasteiger partial charge on any atom is 0.307 e. The van der Waals surface area contributed by atoms with Crippen molar-refractivity contribution in [2.75, 3.05) is 0 Å². The molecule has 0 aromatic carbocycles. The number of carboxylic acids is 1. The Hall–Kier alpha value is -0.570. The summed E-state index contributed by atoms with van der Waals surface area (Å²) in [5, 5.41) is 8.87. The van der Waals surface area contributed by atoms with E-state index < -0.39 is 11.9 Å². The summed E-state index contributed by atoms with van der Waals surface area (Å²) < 4.78 is 0. The Labute approximate surface area is 98.4 Å². The van der Waals surface area contributed by atoms with Gasteiger partial charge in [-0.25, -0.2) is 0 Å². The van der Waals surface area contributed by atoms with Gasteiger partial charge in [0.25, 0.3) is 0 Å². The van der Waals surface area contributed by atoms with Crippen molar-refractivity contribution < 1.29 is 9.90 Å². The minimum atomic E-state index is -0.777. The fourth-order valence-electron chi connectivity index (χ4n) is 2.76. The molecule has 1 aliphatic rings. The molecule has 0 aromatic rings. The molecule has 3 atom stereocenters. The molecule has 3 heteroatoms. The first kappa shape index (κ1) is 13.5. The largest absolute Gasteiger partial charge is 0.481 e. The first-order valence-electron chi connectivity index (χ1n) is 6.49. The summed E-state index contributed by atoms with van der Waals surface area (Å²) in [6.45, 7) is 3.90. The summed E-state index contributed by atoms with van der Waals surface area (Å²) >= 11 is 0. The molecule has 0 aromatic heterocycles. The van der Waals surface area contributed by atoms with Gasteiger partial charge in [-0.05, 0) is 24.7 Å². The predicted molar refractivity (Wildman–Crippen MR) is 65.1 cm³/mol. The summed E-state index contributed by atoms with van der Waals surface area (Å²) in [5.74, 6) is 0.217. The van der Waals surface area contributed by atoms with Crippen molar-refractivity contribution in [3.8, 4) is 0 Å². The highest BCUT2D eigenvalue weighted by Crippen LogP contribution is 2.31. The van der Waals surface area contributed by atoms with Crippen molar-refractivity contribution >= 4 is 5.97 Å². The van der Waals surface area contributed by atoms with Crippen LogP contribution in [-0.4, -0.2) is 17.1 Å². The van der Waals surface area contributed by atoms with Crippen molar-refractivity contribution in [1.82, 2.24) is 0 Å². The molecular weight excluding hydrogens is 202 g/mol. The molecule has 0 radical (unpaired) electrons. The second-order valence-corrected chi connectivity index (χ2v) is 5.52. The van der Waals surface area contributed by atoms with E-state index in [1.54, 1.807) is 6.92 Å². The van der Waals surface area contributed by atoms with Gasteiger partial charge in [-0.2, -0.15) is 0 Å². The van der Waals surface area contributed by atoms with E-state index in [4.69, 9.17) is 10.8 Å². The average Bonchev–Trinajstić information content (AvgIpc) is 2.68. The van der Waals surface area contributed by atoms with Crippen LogP contribution < -0.4 is 5.73 Å². The van der Waals surface area contributed by atoms with Crippen LogP contribution in [0.3, 0.4) is 0 Å². The summed E-state index contributed by atoms with van der Waals surface area (Å²) in [4.78, 5) is 10.8. The molecule has 0 saturated heterocycles. The van der Waals surface area contributed by atoms with Gasteiger partial charge in [0.15, 0.2) is 0 Å². The predicted octanol–water partition coefficient (Wildman–Crippen LogP) is 2.64. The van der Waals surface area contributed by atoms with Crippen LogP contribution in [0.1, 0.15) is 52.4 Å². The fourth-order valence-corrected chi connectivity index (χ4v) is 2.76. The molecule has 1 rings (SSSR count). The minimum absolute atomic E-state index is 0.200. The lowest BCUT2D eigenvalue weighted by Crippen LogP contribution is -2.35. The van der Waals surface area contributed by atoms with Crippen molar-refractivity contribution in [3.05, 3.63) is 0 Å². The van der Waals surface area contributed by atoms with E-state index in [1.165, 1.54) is 32.1 Å². The van der Waals surface area contributed by atoms with E-state index in [2.05, 4.69) is 6.92 Å². The highest BCUT2D eigenvalue weighted by Gasteiger charge is 2.24. The monoisotopic (exact) mass is 227 g/mol. The van der Waals surface area contributed by atoms with Crippen LogP contribution in [0.4, 0.5) is 0 Å². The Bertz CT molecular complexity index is 224. The molecule has 16 heavy (non-hydrogen) atoms. The molecule has 0 spiro atoms. The standard InChI is InChI=1S/C13H25NO2/c1-9(7-11-5-3-4-6-11)8-12(14)10(2)13(15)16/h9-12H,3-8,14H2,1-2H3,(H,15,16). The number of hydrogen-bond acceptors (Lipinski definition) is 2. The molecule has 0 heterocycles. The van der Waals surface area contributed by atoms with E-state index in [1.807, 2.05) is 0 Å². The number of nitrogens with two attached hydrogens (primary N) is 1. The molecule has 1 aliphatic carbocycles. The number of aliphatic carboxylic acids is 1. The Morgan fingerprint density at radius 1 is 1.38 bits per heavy atom. The third kappa shape index (κ3) is 4.12. The van der Waals surface area contributed by atoms with Gasteiger partial charge in [0.05, 0.1) is 5.92 Å². The van der Waals surface area contributed by atoms with Crippen LogP contribution in [-0.2, 0) is 4.79 Å². The van der Waals surface area contributed by atoms with Gasteiger partial charge in [0, 0.05) is 6.04 Å². The lowest BCUT2D eigenvalue weighted by atomic mass is 9.87. The first-order chi connectivity index (χ1) is 7.50. The summed E-state index contributed by atoms with van der Waals surface area (Å²) in [6.07, 6.45) is 7.51. The molecule has 1 saturated carbocycles. The van der Waals surface area contributed by atoms with Crippen LogP contribution >= 0.6 is 0 Å². The SMILES string of the molecule is CC(CC1CCCC1)CC(N)C(C)C(=O)O. The Balaban J connectivity index is 2.26. The molecule has 3 nitrogen and oxygen atoms in total. The van der Waals surface area contributed by atoms with Gasteiger partial charge < -0.3 is 10.8 Å². The third-order valence-electron chi connectivity index (χ3n) is 3.92. The quantitative estimate of drug-likeness (QED) is 0.733. The summed E-state index contributed by atoms with van der Waals surface area (Å²) in [6, 6.07) is -0.200. The van der Waals surface area contributed by atoms with Gasteiger partial charge in [-0.1, -0.05) is 39.5 Å².